The van der Waals surface area contributed by atoms with Gasteiger partial charge in [-0.2, -0.15) is 0 Å². The summed E-state index contributed by atoms with van der Waals surface area (Å²) in [5.74, 6) is 2.13. The van der Waals surface area contributed by atoms with Crippen LogP contribution in [0.2, 0.25) is 0 Å². The Kier molecular flexibility index (Phi) is 4.12. The average molecular weight is 416 g/mol. The summed E-state index contributed by atoms with van der Waals surface area (Å²) >= 11 is 0. The third-order valence-electron chi connectivity index (χ3n) is 11.1. The van der Waals surface area contributed by atoms with Crippen molar-refractivity contribution in [2.24, 2.45) is 28.6 Å². The molecule has 0 aromatic carbocycles. The fraction of sp³-hybridized carbons (Fsp3) is 0.923. The van der Waals surface area contributed by atoms with Crippen LogP contribution in [0.15, 0.2) is 11.6 Å². The highest BCUT2D eigenvalue weighted by Gasteiger charge is 2.68. The molecule has 2 heterocycles. The van der Waals surface area contributed by atoms with E-state index in [4.69, 9.17) is 14.2 Å². The molecule has 168 valence electrons. The number of fused-ring (bicyclic) bond motifs is 6. The van der Waals surface area contributed by atoms with E-state index in [0.717, 1.165) is 50.4 Å². The van der Waals surface area contributed by atoms with Crippen molar-refractivity contribution in [1.29, 1.82) is 0 Å². The number of rotatable bonds is 0. The topological polar surface area (TPSA) is 30.9 Å². The SMILES string of the molecule is CN1C[C@@]2(CCC3C4CC=C5CC6(CC[C@]5(C)C4CC[C@@]32C)OCCO6)OC1(C)C. The zero-order chi connectivity index (χ0) is 21.0. The highest BCUT2D eigenvalue weighted by atomic mass is 16.7. The molecule has 2 aliphatic heterocycles. The molecule has 0 radical (unpaired) electrons. The molecule has 30 heavy (non-hydrogen) atoms. The number of likely N-dealkylation sites (N-methyl/N-ethyl adjacent to an activating group) is 1. The van der Waals surface area contributed by atoms with Gasteiger partial charge in [0.05, 0.1) is 18.8 Å². The lowest BCUT2D eigenvalue weighted by atomic mass is 9.46. The first-order chi connectivity index (χ1) is 14.1. The van der Waals surface area contributed by atoms with E-state index in [1.54, 1.807) is 5.57 Å². The van der Waals surface area contributed by atoms with Gasteiger partial charge >= 0.3 is 0 Å². The zero-order valence-corrected chi connectivity index (χ0v) is 19.8. The molecule has 3 unspecified atom stereocenters. The van der Waals surface area contributed by atoms with E-state index in [2.05, 4.69) is 45.7 Å². The molecule has 5 fully saturated rings. The van der Waals surface area contributed by atoms with E-state index < -0.39 is 0 Å². The smallest absolute Gasteiger partial charge is 0.172 e. The van der Waals surface area contributed by atoms with Crippen LogP contribution in [0.5, 0.6) is 0 Å². The van der Waals surface area contributed by atoms with Crippen molar-refractivity contribution >= 4 is 0 Å². The van der Waals surface area contributed by atoms with Crippen LogP contribution in [-0.2, 0) is 14.2 Å². The Morgan fingerprint density at radius 3 is 2.37 bits per heavy atom. The monoisotopic (exact) mass is 415 g/mol. The van der Waals surface area contributed by atoms with Gasteiger partial charge in [0.15, 0.2) is 5.79 Å². The first kappa shape index (κ1) is 20.2. The third kappa shape index (κ3) is 2.43. The number of hydrogen-bond acceptors (Lipinski definition) is 4. The van der Waals surface area contributed by atoms with Crippen molar-refractivity contribution in [1.82, 2.24) is 4.90 Å². The van der Waals surface area contributed by atoms with Crippen molar-refractivity contribution < 1.29 is 14.2 Å². The summed E-state index contributed by atoms with van der Waals surface area (Å²) in [5, 5.41) is 0. The molecule has 2 spiro atoms. The first-order valence-corrected chi connectivity index (χ1v) is 12.5. The van der Waals surface area contributed by atoms with Crippen LogP contribution in [0.1, 0.15) is 79.1 Å². The Labute approximate surface area is 182 Å². The van der Waals surface area contributed by atoms with Crippen molar-refractivity contribution in [3.05, 3.63) is 11.6 Å². The van der Waals surface area contributed by atoms with Gasteiger partial charge in [-0.15, -0.1) is 0 Å². The number of hydrogen-bond donors (Lipinski definition) is 0. The van der Waals surface area contributed by atoms with Crippen molar-refractivity contribution in [3.8, 4) is 0 Å². The minimum atomic E-state index is -0.299. The number of nitrogens with zero attached hydrogens (tertiary/aromatic N) is 1. The fourth-order valence-corrected chi connectivity index (χ4v) is 9.03. The van der Waals surface area contributed by atoms with Crippen LogP contribution in [-0.4, -0.2) is 48.8 Å². The molecule has 0 amide bonds. The first-order valence-electron chi connectivity index (χ1n) is 12.5. The van der Waals surface area contributed by atoms with Gasteiger partial charge in [0.2, 0.25) is 0 Å². The van der Waals surface area contributed by atoms with Gasteiger partial charge in [-0.25, -0.2) is 0 Å². The Bertz CT molecular complexity index is 770. The van der Waals surface area contributed by atoms with Crippen molar-refractivity contribution in [2.75, 3.05) is 26.8 Å². The van der Waals surface area contributed by atoms with Crippen molar-refractivity contribution in [2.45, 2.75) is 96.2 Å². The lowest BCUT2D eigenvalue weighted by Crippen LogP contribution is -2.56. The number of allylic oxidation sites excluding steroid dienone is 1. The summed E-state index contributed by atoms with van der Waals surface area (Å²) < 4.78 is 19.1. The molecule has 6 rings (SSSR count). The molecule has 0 N–H and O–H groups in total. The maximum absolute atomic E-state index is 6.93. The number of ether oxygens (including phenoxy) is 3. The second-order valence-electron chi connectivity index (χ2n) is 12.4. The van der Waals surface area contributed by atoms with Crippen molar-refractivity contribution in [3.63, 3.8) is 0 Å². The van der Waals surface area contributed by atoms with E-state index >= 15 is 0 Å². The minimum absolute atomic E-state index is 0.0495. The molecular formula is C26H41NO3. The standard InChI is InChI=1S/C26H41NO3/c1-22(2)27(5)17-25(30-22)11-9-21-19-7-6-18-16-26(28-14-15-29-26)13-12-23(18,3)20(19)8-10-24(21,25)4/h6,19-21H,7-17H2,1-5H3/t19?,20?,21?,23-,24-,25+/m0/s1. The van der Waals surface area contributed by atoms with Crippen LogP contribution in [0.4, 0.5) is 0 Å². The Hall–Kier alpha value is -0.420. The minimum Gasteiger partial charge on any atom is -0.353 e. The molecule has 4 nitrogen and oxygen atoms in total. The van der Waals surface area contributed by atoms with Gasteiger partial charge in [0.25, 0.3) is 0 Å². The summed E-state index contributed by atoms with van der Waals surface area (Å²) in [6, 6.07) is 0. The van der Waals surface area contributed by atoms with E-state index in [1.165, 1.54) is 38.5 Å². The largest absolute Gasteiger partial charge is 0.353 e. The van der Waals surface area contributed by atoms with Gasteiger partial charge in [-0.1, -0.05) is 25.5 Å². The zero-order valence-electron chi connectivity index (χ0n) is 19.8. The van der Waals surface area contributed by atoms with E-state index in [-0.39, 0.29) is 17.1 Å². The van der Waals surface area contributed by atoms with Gasteiger partial charge in [-0.3, -0.25) is 4.90 Å². The molecule has 0 aromatic rings. The molecule has 0 aromatic heterocycles. The average Bonchev–Trinajstić information content (AvgIpc) is 3.32. The second-order valence-corrected chi connectivity index (χ2v) is 12.4. The van der Waals surface area contributed by atoms with Gasteiger partial charge in [-0.05, 0) is 82.6 Å². The summed E-state index contributed by atoms with van der Waals surface area (Å²) in [7, 11) is 2.25. The molecule has 4 aliphatic carbocycles. The van der Waals surface area contributed by atoms with Crippen LogP contribution in [0.25, 0.3) is 0 Å². The van der Waals surface area contributed by atoms with Gasteiger partial charge in [0.1, 0.15) is 5.72 Å². The maximum atomic E-state index is 6.93. The quantitative estimate of drug-likeness (QED) is 0.513. The highest BCUT2D eigenvalue weighted by Crippen LogP contribution is 2.69. The molecule has 6 aliphatic rings. The Balaban J connectivity index is 1.30. The van der Waals surface area contributed by atoms with E-state index in [0.29, 0.717) is 10.8 Å². The van der Waals surface area contributed by atoms with Crippen LogP contribution >= 0.6 is 0 Å². The predicted octanol–water partition coefficient (Wildman–Crippen LogP) is 5.13. The summed E-state index contributed by atoms with van der Waals surface area (Å²) in [6.45, 7) is 12.3. The van der Waals surface area contributed by atoms with E-state index in [1.807, 2.05) is 0 Å². The predicted molar refractivity (Wildman–Crippen MR) is 117 cm³/mol. The van der Waals surface area contributed by atoms with E-state index in [9.17, 15) is 0 Å². The van der Waals surface area contributed by atoms with Gasteiger partial charge in [0, 0.05) is 24.8 Å². The lowest BCUT2D eigenvalue weighted by Gasteiger charge is -2.60. The summed E-state index contributed by atoms with van der Waals surface area (Å²) in [5.41, 5.74) is 2.21. The molecule has 3 saturated carbocycles. The maximum Gasteiger partial charge on any atom is 0.172 e. The molecule has 4 heteroatoms. The van der Waals surface area contributed by atoms with Crippen LogP contribution < -0.4 is 0 Å². The fourth-order valence-electron chi connectivity index (χ4n) is 9.03. The molecule has 6 atom stereocenters. The van der Waals surface area contributed by atoms with Crippen LogP contribution in [0.3, 0.4) is 0 Å². The molecular weight excluding hydrogens is 374 g/mol. The Morgan fingerprint density at radius 1 is 0.933 bits per heavy atom. The second kappa shape index (κ2) is 6.12. The lowest BCUT2D eigenvalue weighted by molar-refractivity contribution is -0.193. The van der Waals surface area contributed by atoms with Gasteiger partial charge < -0.3 is 14.2 Å². The summed E-state index contributed by atoms with van der Waals surface area (Å²) in [4.78, 5) is 2.45. The summed E-state index contributed by atoms with van der Waals surface area (Å²) in [6.07, 6.45) is 12.4. The molecule has 2 saturated heterocycles. The molecule has 0 bridgehead atoms. The highest BCUT2D eigenvalue weighted by molar-refractivity contribution is 5.28. The van der Waals surface area contributed by atoms with Crippen LogP contribution in [0, 0.1) is 28.6 Å². The normalized spacial score (nSPS) is 51.6. The Morgan fingerprint density at radius 2 is 1.67 bits per heavy atom. The third-order valence-corrected chi connectivity index (χ3v) is 11.1.